The zero-order valence-corrected chi connectivity index (χ0v) is 7.42. The van der Waals surface area contributed by atoms with Crippen molar-refractivity contribution in [3.63, 3.8) is 0 Å². The van der Waals surface area contributed by atoms with Crippen LogP contribution in [0.3, 0.4) is 0 Å². The van der Waals surface area contributed by atoms with E-state index in [9.17, 15) is 0 Å². The van der Waals surface area contributed by atoms with E-state index < -0.39 is 0 Å². The van der Waals surface area contributed by atoms with Crippen LogP contribution in [0.15, 0.2) is 24.3 Å². The summed E-state index contributed by atoms with van der Waals surface area (Å²) in [5, 5.41) is 17.6. The van der Waals surface area contributed by atoms with Gasteiger partial charge in [0.2, 0.25) is 0 Å². The second kappa shape index (κ2) is 4.30. The third-order valence-electron chi connectivity index (χ3n) is 1.47. The van der Waals surface area contributed by atoms with E-state index in [2.05, 4.69) is 0 Å². The molecule has 0 fully saturated rings. The van der Waals surface area contributed by atoms with E-state index in [1.54, 1.807) is 24.3 Å². The average molecular weight is 189 g/mol. The second-order valence-electron chi connectivity index (χ2n) is 2.31. The molecule has 1 rings (SSSR count). The van der Waals surface area contributed by atoms with Crippen LogP contribution >= 0.6 is 11.6 Å². The summed E-state index contributed by atoms with van der Waals surface area (Å²) in [5.74, 6) is 0. The topological polar surface area (TPSA) is 47.6 Å². The molecule has 3 heteroatoms. The lowest BCUT2D eigenvalue weighted by Gasteiger charge is -1.96. The second-order valence-corrected chi connectivity index (χ2v) is 2.74. The van der Waals surface area contributed by atoms with Gasteiger partial charge in [-0.1, -0.05) is 11.6 Å². The lowest BCUT2D eigenvalue weighted by atomic mass is 10.1. The van der Waals surface area contributed by atoms with Crippen molar-refractivity contribution in [2.24, 2.45) is 0 Å². The molecule has 0 heterocycles. The van der Waals surface area contributed by atoms with Gasteiger partial charge in [0, 0.05) is 11.1 Å². The van der Waals surface area contributed by atoms with Crippen molar-refractivity contribution in [3.8, 4) is 12.1 Å². The highest BCUT2D eigenvalue weighted by Gasteiger charge is 1.98. The SMILES string of the molecule is N#CC=Cc1cc(Cl)ccc1C#N. The molecule has 2 nitrogen and oxygen atoms in total. The van der Waals surface area contributed by atoms with Crippen molar-refractivity contribution < 1.29 is 0 Å². The largest absolute Gasteiger partial charge is 0.193 e. The van der Waals surface area contributed by atoms with Gasteiger partial charge in [0.15, 0.2) is 0 Å². The lowest BCUT2D eigenvalue weighted by Crippen LogP contribution is -1.80. The molecule has 0 amide bonds. The third-order valence-corrected chi connectivity index (χ3v) is 1.71. The van der Waals surface area contributed by atoms with Gasteiger partial charge in [0.05, 0.1) is 17.7 Å². The first-order valence-corrected chi connectivity index (χ1v) is 3.91. The Morgan fingerprint density at radius 1 is 1.31 bits per heavy atom. The molecule has 0 aromatic heterocycles. The summed E-state index contributed by atoms with van der Waals surface area (Å²) in [7, 11) is 0. The van der Waals surface area contributed by atoms with Crippen LogP contribution in [0.25, 0.3) is 6.08 Å². The van der Waals surface area contributed by atoms with Gasteiger partial charge in [-0.3, -0.25) is 0 Å². The zero-order chi connectivity index (χ0) is 9.68. The molecule has 13 heavy (non-hydrogen) atoms. The van der Waals surface area contributed by atoms with E-state index in [0.717, 1.165) is 0 Å². The Balaban J connectivity index is 3.19. The zero-order valence-electron chi connectivity index (χ0n) is 6.66. The maximum absolute atomic E-state index is 8.70. The smallest absolute Gasteiger partial charge is 0.0997 e. The van der Waals surface area contributed by atoms with Crippen LogP contribution in [0.4, 0.5) is 0 Å². The predicted molar refractivity (Wildman–Crippen MR) is 50.8 cm³/mol. The standard InChI is InChI=1S/C10H5ClN2/c11-10-4-3-9(7-13)8(6-10)2-1-5-12/h1-4,6H. The van der Waals surface area contributed by atoms with Crippen LogP contribution in [0, 0.1) is 22.7 Å². The summed E-state index contributed by atoms with van der Waals surface area (Å²) in [6, 6.07) is 8.78. The molecule has 0 aliphatic heterocycles. The minimum atomic E-state index is 0.510. The minimum Gasteiger partial charge on any atom is -0.193 e. The van der Waals surface area contributed by atoms with E-state index in [0.29, 0.717) is 16.1 Å². The molecule has 0 saturated carbocycles. The van der Waals surface area contributed by atoms with Gasteiger partial charge in [-0.25, -0.2) is 0 Å². The first-order valence-electron chi connectivity index (χ1n) is 3.53. The number of hydrogen-bond acceptors (Lipinski definition) is 2. The molecule has 0 aliphatic rings. The number of nitrogens with zero attached hydrogens (tertiary/aromatic N) is 2. The summed E-state index contributed by atoms with van der Waals surface area (Å²) in [4.78, 5) is 0. The Kier molecular flexibility index (Phi) is 3.09. The molecular formula is C10H5ClN2. The molecule has 62 valence electrons. The van der Waals surface area contributed by atoms with Crippen LogP contribution in [-0.4, -0.2) is 0 Å². The van der Waals surface area contributed by atoms with Gasteiger partial charge < -0.3 is 0 Å². The molecule has 0 saturated heterocycles. The fraction of sp³-hybridized carbons (Fsp3) is 0. The van der Waals surface area contributed by atoms with Crippen LogP contribution < -0.4 is 0 Å². The number of allylic oxidation sites excluding steroid dienone is 1. The molecule has 0 radical (unpaired) electrons. The lowest BCUT2D eigenvalue weighted by molar-refractivity contribution is 1.47. The number of halogens is 1. The summed E-state index contributed by atoms with van der Waals surface area (Å²) >= 11 is 5.73. The third kappa shape index (κ3) is 2.33. The van der Waals surface area contributed by atoms with Gasteiger partial charge in [-0.2, -0.15) is 10.5 Å². The first kappa shape index (κ1) is 9.32. The highest BCUT2D eigenvalue weighted by atomic mass is 35.5. The fourth-order valence-electron chi connectivity index (χ4n) is 0.900. The van der Waals surface area contributed by atoms with Crippen molar-refractivity contribution in [3.05, 3.63) is 40.4 Å². The maximum Gasteiger partial charge on any atom is 0.0997 e. The molecule has 0 aliphatic carbocycles. The predicted octanol–water partition coefficient (Wildman–Crippen LogP) is 2.75. The molecule has 0 atom stereocenters. The highest BCUT2D eigenvalue weighted by Crippen LogP contribution is 2.16. The molecule has 1 aromatic rings. The summed E-state index contributed by atoms with van der Waals surface area (Å²) < 4.78 is 0. The van der Waals surface area contributed by atoms with Gasteiger partial charge >= 0.3 is 0 Å². The summed E-state index contributed by atoms with van der Waals surface area (Å²) in [5.41, 5.74) is 1.17. The van der Waals surface area contributed by atoms with Crippen molar-refractivity contribution >= 4 is 17.7 Å². The van der Waals surface area contributed by atoms with Gasteiger partial charge in [0.25, 0.3) is 0 Å². The Hall–Kier alpha value is -1.77. The molecule has 0 unspecified atom stereocenters. The number of nitriles is 2. The van der Waals surface area contributed by atoms with Crippen LogP contribution in [0.1, 0.15) is 11.1 Å². The van der Waals surface area contributed by atoms with Crippen LogP contribution in [0.2, 0.25) is 5.02 Å². The summed E-state index contributed by atoms with van der Waals surface area (Å²) in [6.45, 7) is 0. The fourth-order valence-corrected chi connectivity index (χ4v) is 1.08. The van der Waals surface area contributed by atoms with E-state index >= 15 is 0 Å². The Morgan fingerprint density at radius 2 is 2.08 bits per heavy atom. The molecule has 0 spiro atoms. The number of benzene rings is 1. The van der Waals surface area contributed by atoms with E-state index in [1.807, 2.05) is 12.1 Å². The van der Waals surface area contributed by atoms with Crippen molar-refractivity contribution in [1.29, 1.82) is 10.5 Å². The van der Waals surface area contributed by atoms with Gasteiger partial charge in [-0.15, -0.1) is 0 Å². The molecule has 1 aromatic carbocycles. The van der Waals surface area contributed by atoms with Crippen molar-refractivity contribution in [2.75, 3.05) is 0 Å². The number of hydrogen-bond donors (Lipinski definition) is 0. The van der Waals surface area contributed by atoms with E-state index in [-0.39, 0.29) is 0 Å². The number of rotatable bonds is 1. The van der Waals surface area contributed by atoms with Crippen molar-refractivity contribution in [1.82, 2.24) is 0 Å². The monoisotopic (exact) mass is 188 g/mol. The van der Waals surface area contributed by atoms with Gasteiger partial charge in [-0.05, 0) is 29.8 Å². The summed E-state index contributed by atoms with van der Waals surface area (Å²) in [6.07, 6.45) is 2.87. The highest BCUT2D eigenvalue weighted by molar-refractivity contribution is 6.30. The Bertz CT molecular complexity index is 422. The van der Waals surface area contributed by atoms with Crippen LogP contribution in [0.5, 0.6) is 0 Å². The molecule has 0 bridgehead atoms. The minimum absolute atomic E-state index is 0.510. The quantitative estimate of drug-likeness (QED) is 0.637. The average Bonchev–Trinajstić information content (AvgIpc) is 2.15. The van der Waals surface area contributed by atoms with Gasteiger partial charge in [0.1, 0.15) is 0 Å². The molecular weight excluding hydrogens is 184 g/mol. The Labute approximate surface area is 81.3 Å². The molecule has 0 N–H and O–H groups in total. The Morgan fingerprint density at radius 3 is 2.69 bits per heavy atom. The first-order chi connectivity index (χ1) is 6.27. The maximum atomic E-state index is 8.70. The van der Waals surface area contributed by atoms with Crippen LogP contribution in [-0.2, 0) is 0 Å². The van der Waals surface area contributed by atoms with E-state index in [1.165, 1.54) is 6.08 Å². The van der Waals surface area contributed by atoms with Crippen molar-refractivity contribution in [2.45, 2.75) is 0 Å². The normalized spacial score (nSPS) is 9.46. The van der Waals surface area contributed by atoms with E-state index in [4.69, 9.17) is 22.1 Å².